The molecular formula is C15H21N5O. The quantitative estimate of drug-likeness (QED) is 0.918. The van der Waals surface area contributed by atoms with Crippen LogP contribution >= 0.6 is 0 Å². The van der Waals surface area contributed by atoms with Crippen molar-refractivity contribution in [2.24, 2.45) is 13.0 Å². The van der Waals surface area contributed by atoms with Crippen LogP contribution in [-0.2, 0) is 26.4 Å². The summed E-state index contributed by atoms with van der Waals surface area (Å²) in [4.78, 5) is 16.6. The standard InChI is InChI=1S/C15H21N5O/c1-3-13-12(10-19(2)18-13)15(21)17-8-11-4-5-14-16-6-7-20(14)9-11/h6-7,10-11H,3-5,8-9H2,1-2H3,(H,17,21)/t11-/m0/s1. The number of nitrogens with zero attached hydrogens (tertiary/aromatic N) is 4. The number of hydrogen-bond acceptors (Lipinski definition) is 3. The van der Waals surface area contributed by atoms with Gasteiger partial charge in [0.05, 0.1) is 11.3 Å². The lowest BCUT2D eigenvalue weighted by Gasteiger charge is -2.23. The third kappa shape index (κ3) is 2.84. The molecule has 2 aromatic heterocycles. The maximum atomic E-state index is 12.3. The Balaban J connectivity index is 1.59. The molecule has 1 N–H and O–H groups in total. The maximum Gasteiger partial charge on any atom is 0.254 e. The normalized spacial score (nSPS) is 17.5. The Morgan fingerprint density at radius 2 is 2.38 bits per heavy atom. The Labute approximate surface area is 124 Å². The first-order valence-electron chi connectivity index (χ1n) is 7.48. The van der Waals surface area contributed by atoms with Crippen molar-refractivity contribution in [3.63, 3.8) is 0 Å². The van der Waals surface area contributed by atoms with E-state index in [0.29, 0.717) is 18.0 Å². The van der Waals surface area contributed by atoms with E-state index in [2.05, 4.69) is 20.0 Å². The van der Waals surface area contributed by atoms with Crippen LogP contribution in [-0.4, -0.2) is 31.8 Å². The summed E-state index contributed by atoms with van der Waals surface area (Å²) >= 11 is 0. The van der Waals surface area contributed by atoms with E-state index in [9.17, 15) is 4.79 Å². The summed E-state index contributed by atoms with van der Waals surface area (Å²) < 4.78 is 3.88. The molecule has 6 heteroatoms. The second-order valence-corrected chi connectivity index (χ2v) is 5.63. The fourth-order valence-corrected chi connectivity index (χ4v) is 2.92. The highest BCUT2D eigenvalue weighted by Crippen LogP contribution is 2.18. The molecular weight excluding hydrogens is 266 g/mol. The number of aromatic nitrogens is 4. The van der Waals surface area contributed by atoms with Gasteiger partial charge in [0, 0.05) is 45.1 Å². The molecule has 0 saturated heterocycles. The molecule has 0 unspecified atom stereocenters. The van der Waals surface area contributed by atoms with E-state index in [4.69, 9.17) is 0 Å². The van der Waals surface area contributed by atoms with Crippen LogP contribution in [0.15, 0.2) is 18.6 Å². The predicted molar refractivity (Wildman–Crippen MR) is 79.0 cm³/mol. The first-order chi connectivity index (χ1) is 10.2. The SMILES string of the molecule is CCc1nn(C)cc1C(=O)NC[C@@H]1CCc2nccn2C1. The summed E-state index contributed by atoms with van der Waals surface area (Å²) in [6.07, 6.45) is 8.49. The van der Waals surface area contributed by atoms with Crippen molar-refractivity contribution in [1.82, 2.24) is 24.6 Å². The van der Waals surface area contributed by atoms with Crippen molar-refractivity contribution in [3.8, 4) is 0 Å². The minimum atomic E-state index is -0.0172. The number of aryl methyl sites for hydroxylation is 3. The molecule has 1 aliphatic heterocycles. The van der Waals surface area contributed by atoms with E-state index in [1.54, 1.807) is 10.9 Å². The van der Waals surface area contributed by atoms with Crippen molar-refractivity contribution in [2.45, 2.75) is 32.7 Å². The fourth-order valence-electron chi connectivity index (χ4n) is 2.92. The average molecular weight is 287 g/mol. The third-order valence-electron chi connectivity index (χ3n) is 4.07. The van der Waals surface area contributed by atoms with Gasteiger partial charge in [0.25, 0.3) is 5.91 Å². The van der Waals surface area contributed by atoms with Gasteiger partial charge in [0.1, 0.15) is 5.82 Å². The molecule has 1 atom stereocenters. The Morgan fingerprint density at radius 3 is 3.19 bits per heavy atom. The highest BCUT2D eigenvalue weighted by atomic mass is 16.1. The monoisotopic (exact) mass is 287 g/mol. The second kappa shape index (κ2) is 5.71. The van der Waals surface area contributed by atoms with Crippen LogP contribution in [0.3, 0.4) is 0 Å². The van der Waals surface area contributed by atoms with Gasteiger partial charge in [-0.15, -0.1) is 0 Å². The first-order valence-corrected chi connectivity index (χ1v) is 7.48. The Bertz CT molecular complexity index is 642. The van der Waals surface area contributed by atoms with Crippen molar-refractivity contribution in [2.75, 3.05) is 6.54 Å². The molecule has 0 bridgehead atoms. The molecule has 1 aliphatic rings. The summed E-state index contributed by atoms with van der Waals surface area (Å²) in [5.41, 5.74) is 1.55. The van der Waals surface area contributed by atoms with Gasteiger partial charge in [-0.3, -0.25) is 9.48 Å². The smallest absolute Gasteiger partial charge is 0.254 e. The highest BCUT2D eigenvalue weighted by Gasteiger charge is 2.20. The average Bonchev–Trinajstić information content (AvgIpc) is 3.09. The molecule has 1 amide bonds. The van der Waals surface area contributed by atoms with Gasteiger partial charge in [-0.2, -0.15) is 5.10 Å². The topological polar surface area (TPSA) is 64.7 Å². The molecule has 21 heavy (non-hydrogen) atoms. The van der Waals surface area contributed by atoms with Gasteiger partial charge in [-0.05, 0) is 18.8 Å². The number of carbonyl (C=O) groups is 1. The number of hydrogen-bond donors (Lipinski definition) is 1. The van der Waals surface area contributed by atoms with Crippen LogP contribution in [0.1, 0.15) is 35.2 Å². The van der Waals surface area contributed by atoms with Gasteiger partial charge in [-0.25, -0.2) is 4.98 Å². The zero-order chi connectivity index (χ0) is 14.8. The van der Waals surface area contributed by atoms with Gasteiger partial charge in [-0.1, -0.05) is 6.92 Å². The van der Waals surface area contributed by atoms with Gasteiger partial charge in [0.2, 0.25) is 0 Å². The van der Waals surface area contributed by atoms with Crippen LogP contribution in [0.25, 0.3) is 0 Å². The molecule has 0 aliphatic carbocycles. The molecule has 0 radical (unpaired) electrons. The van der Waals surface area contributed by atoms with Crippen LogP contribution < -0.4 is 5.32 Å². The molecule has 2 aromatic rings. The lowest BCUT2D eigenvalue weighted by Crippen LogP contribution is -2.33. The van der Waals surface area contributed by atoms with Crippen LogP contribution in [0.4, 0.5) is 0 Å². The van der Waals surface area contributed by atoms with E-state index >= 15 is 0 Å². The molecule has 3 rings (SSSR count). The maximum absolute atomic E-state index is 12.3. The zero-order valence-electron chi connectivity index (χ0n) is 12.5. The van der Waals surface area contributed by atoms with E-state index in [1.807, 2.05) is 26.4 Å². The van der Waals surface area contributed by atoms with Crippen LogP contribution in [0, 0.1) is 5.92 Å². The molecule has 0 spiro atoms. The third-order valence-corrected chi connectivity index (χ3v) is 4.07. The Hall–Kier alpha value is -2.11. The van der Waals surface area contributed by atoms with Crippen molar-refractivity contribution in [3.05, 3.63) is 35.7 Å². The van der Waals surface area contributed by atoms with Crippen molar-refractivity contribution >= 4 is 5.91 Å². The second-order valence-electron chi connectivity index (χ2n) is 5.63. The summed E-state index contributed by atoms with van der Waals surface area (Å²) in [5.74, 6) is 1.60. The molecule has 6 nitrogen and oxygen atoms in total. The number of amides is 1. The van der Waals surface area contributed by atoms with Crippen molar-refractivity contribution in [1.29, 1.82) is 0 Å². The highest BCUT2D eigenvalue weighted by molar-refractivity contribution is 5.95. The van der Waals surface area contributed by atoms with Gasteiger partial charge >= 0.3 is 0 Å². The van der Waals surface area contributed by atoms with Crippen molar-refractivity contribution < 1.29 is 4.79 Å². The lowest BCUT2D eigenvalue weighted by atomic mass is 9.99. The molecule has 0 saturated carbocycles. The van der Waals surface area contributed by atoms with E-state index in [0.717, 1.165) is 37.3 Å². The minimum Gasteiger partial charge on any atom is -0.352 e. The molecule has 112 valence electrons. The first kappa shape index (κ1) is 13.9. The van der Waals surface area contributed by atoms with Crippen LogP contribution in [0.5, 0.6) is 0 Å². The summed E-state index contributed by atoms with van der Waals surface area (Å²) in [5, 5.41) is 7.36. The number of fused-ring (bicyclic) bond motifs is 1. The lowest BCUT2D eigenvalue weighted by molar-refractivity contribution is 0.0942. The van der Waals surface area contributed by atoms with E-state index in [-0.39, 0.29) is 5.91 Å². The summed E-state index contributed by atoms with van der Waals surface area (Å²) in [6, 6.07) is 0. The number of carbonyl (C=O) groups excluding carboxylic acids is 1. The largest absolute Gasteiger partial charge is 0.352 e. The molecule has 3 heterocycles. The number of imidazole rings is 1. The number of rotatable bonds is 4. The van der Waals surface area contributed by atoms with Crippen LogP contribution in [0.2, 0.25) is 0 Å². The summed E-state index contributed by atoms with van der Waals surface area (Å²) in [6.45, 7) is 3.65. The number of nitrogens with one attached hydrogen (secondary N) is 1. The fraction of sp³-hybridized carbons (Fsp3) is 0.533. The Morgan fingerprint density at radius 1 is 1.52 bits per heavy atom. The predicted octanol–water partition coefficient (Wildman–Crippen LogP) is 1.17. The molecule has 0 aromatic carbocycles. The zero-order valence-corrected chi connectivity index (χ0v) is 12.5. The minimum absolute atomic E-state index is 0.0172. The Kier molecular flexibility index (Phi) is 3.77. The van der Waals surface area contributed by atoms with Gasteiger partial charge in [0.15, 0.2) is 0 Å². The summed E-state index contributed by atoms with van der Waals surface area (Å²) in [7, 11) is 1.84. The van der Waals surface area contributed by atoms with E-state index in [1.165, 1.54) is 0 Å². The van der Waals surface area contributed by atoms with Gasteiger partial charge < -0.3 is 9.88 Å². The van der Waals surface area contributed by atoms with E-state index < -0.39 is 0 Å². The molecule has 0 fully saturated rings.